The first-order chi connectivity index (χ1) is 17.7. The average Bonchev–Trinajstić information content (AvgIpc) is 3.38. The highest BCUT2D eigenvalue weighted by molar-refractivity contribution is 5.67. The number of hydrogen-bond acceptors (Lipinski definition) is 5. The molecule has 5 heteroatoms. The van der Waals surface area contributed by atoms with E-state index in [1.807, 2.05) is 12.3 Å². The van der Waals surface area contributed by atoms with Gasteiger partial charge < -0.3 is 14.8 Å². The standard InChI is InChI=1S/C31H39N3O2/c1-4-6-25-18-26(20-30(35-2)31(25)36-3)29-17-22(11-14-32-29)21-34-15-12-27(13-16-34)33-28-10-9-23-7-5-8-24(23)19-28/h9-11,14,17-20,27,33H,4-8,12-13,15-16,21H2,1-3H3. The molecule has 1 saturated heterocycles. The molecule has 5 nitrogen and oxygen atoms in total. The molecule has 190 valence electrons. The van der Waals surface area contributed by atoms with Crippen molar-refractivity contribution in [3.63, 3.8) is 0 Å². The Hall–Kier alpha value is -3.05. The van der Waals surface area contributed by atoms with E-state index >= 15 is 0 Å². The van der Waals surface area contributed by atoms with E-state index in [1.165, 1.54) is 48.9 Å². The van der Waals surface area contributed by atoms with Crippen LogP contribution in [0.2, 0.25) is 0 Å². The molecule has 0 atom stereocenters. The van der Waals surface area contributed by atoms with Gasteiger partial charge in [0.15, 0.2) is 11.5 Å². The molecule has 2 heterocycles. The third-order valence-corrected chi connectivity index (χ3v) is 7.66. The number of methoxy groups -OCH3 is 2. The minimum atomic E-state index is 0.553. The summed E-state index contributed by atoms with van der Waals surface area (Å²) in [7, 11) is 3.41. The highest BCUT2D eigenvalue weighted by atomic mass is 16.5. The van der Waals surface area contributed by atoms with Gasteiger partial charge in [0.25, 0.3) is 0 Å². The molecule has 2 aromatic carbocycles. The van der Waals surface area contributed by atoms with Crippen molar-refractivity contribution in [1.29, 1.82) is 0 Å². The molecule has 0 unspecified atom stereocenters. The van der Waals surface area contributed by atoms with Gasteiger partial charge in [-0.05, 0) is 97.2 Å². The van der Waals surface area contributed by atoms with Gasteiger partial charge in [-0.15, -0.1) is 0 Å². The van der Waals surface area contributed by atoms with Crippen molar-refractivity contribution in [3.05, 3.63) is 70.9 Å². The SMILES string of the molecule is CCCc1cc(-c2cc(CN3CCC(Nc4ccc5c(c4)CCC5)CC3)ccn2)cc(OC)c1OC. The summed E-state index contributed by atoms with van der Waals surface area (Å²) in [5.41, 5.74) is 8.92. The van der Waals surface area contributed by atoms with Crippen LogP contribution in [0.3, 0.4) is 0 Å². The second-order valence-electron chi connectivity index (χ2n) is 10.2. The Balaban J connectivity index is 1.22. The number of pyridine rings is 1. The number of nitrogens with one attached hydrogen (secondary N) is 1. The Morgan fingerprint density at radius 3 is 2.58 bits per heavy atom. The van der Waals surface area contributed by atoms with Crippen LogP contribution in [-0.2, 0) is 25.8 Å². The maximum absolute atomic E-state index is 5.64. The topological polar surface area (TPSA) is 46.6 Å². The largest absolute Gasteiger partial charge is 0.493 e. The summed E-state index contributed by atoms with van der Waals surface area (Å²) in [5.74, 6) is 1.60. The highest BCUT2D eigenvalue weighted by Crippen LogP contribution is 2.37. The normalized spacial score (nSPS) is 16.1. The van der Waals surface area contributed by atoms with Gasteiger partial charge in [0, 0.05) is 43.1 Å². The van der Waals surface area contributed by atoms with E-state index in [9.17, 15) is 0 Å². The molecule has 0 saturated carbocycles. The number of aromatic nitrogens is 1. The Morgan fingerprint density at radius 1 is 0.972 bits per heavy atom. The third-order valence-electron chi connectivity index (χ3n) is 7.66. The maximum atomic E-state index is 5.64. The highest BCUT2D eigenvalue weighted by Gasteiger charge is 2.20. The van der Waals surface area contributed by atoms with E-state index in [-0.39, 0.29) is 0 Å². The lowest BCUT2D eigenvalue weighted by Gasteiger charge is -2.33. The van der Waals surface area contributed by atoms with Crippen molar-refractivity contribution in [2.24, 2.45) is 0 Å². The van der Waals surface area contributed by atoms with Gasteiger partial charge in [0.1, 0.15) is 0 Å². The molecule has 36 heavy (non-hydrogen) atoms. The Morgan fingerprint density at radius 2 is 1.81 bits per heavy atom. The van der Waals surface area contributed by atoms with E-state index in [0.29, 0.717) is 6.04 Å². The summed E-state index contributed by atoms with van der Waals surface area (Å²) in [6.07, 6.45) is 10.1. The molecule has 0 amide bonds. The smallest absolute Gasteiger partial charge is 0.163 e. The van der Waals surface area contributed by atoms with Crippen LogP contribution in [0.25, 0.3) is 11.3 Å². The predicted molar refractivity (Wildman–Crippen MR) is 147 cm³/mol. The van der Waals surface area contributed by atoms with Gasteiger partial charge in [-0.1, -0.05) is 19.4 Å². The quantitative estimate of drug-likeness (QED) is 0.386. The number of ether oxygens (including phenoxy) is 2. The number of hydrogen-bond donors (Lipinski definition) is 1. The van der Waals surface area contributed by atoms with Crippen molar-refractivity contribution in [3.8, 4) is 22.8 Å². The molecule has 1 aliphatic heterocycles. The van der Waals surface area contributed by atoms with E-state index < -0.39 is 0 Å². The lowest BCUT2D eigenvalue weighted by atomic mass is 10.0. The summed E-state index contributed by atoms with van der Waals surface area (Å²) in [6.45, 7) is 5.35. The first-order valence-corrected chi connectivity index (χ1v) is 13.5. The fraction of sp³-hybridized carbons (Fsp3) is 0.452. The van der Waals surface area contributed by atoms with Gasteiger partial charge in [0.2, 0.25) is 0 Å². The zero-order valence-electron chi connectivity index (χ0n) is 22.0. The van der Waals surface area contributed by atoms with Gasteiger partial charge in [0.05, 0.1) is 19.9 Å². The Kier molecular flexibility index (Phi) is 7.76. The lowest BCUT2D eigenvalue weighted by molar-refractivity contribution is 0.211. The molecule has 1 N–H and O–H groups in total. The van der Waals surface area contributed by atoms with Crippen LogP contribution in [0, 0.1) is 0 Å². The molecule has 0 bridgehead atoms. The van der Waals surface area contributed by atoms with Crippen LogP contribution in [-0.4, -0.2) is 43.2 Å². The molecule has 3 aromatic rings. The Bertz CT molecular complexity index is 1180. The fourth-order valence-electron chi connectivity index (χ4n) is 5.77. The first-order valence-electron chi connectivity index (χ1n) is 13.5. The molecular formula is C31H39N3O2. The summed E-state index contributed by atoms with van der Waals surface area (Å²) in [6, 6.07) is 16.1. The Labute approximate surface area is 215 Å². The number of rotatable bonds is 9. The molecule has 2 aliphatic rings. The van der Waals surface area contributed by atoms with Gasteiger partial charge >= 0.3 is 0 Å². The third kappa shape index (κ3) is 5.52. The van der Waals surface area contributed by atoms with E-state index in [4.69, 9.17) is 14.5 Å². The van der Waals surface area contributed by atoms with Crippen molar-refractivity contribution in [1.82, 2.24) is 9.88 Å². The van der Waals surface area contributed by atoms with E-state index in [1.54, 1.807) is 25.3 Å². The fourth-order valence-corrected chi connectivity index (χ4v) is 5.77. The molecule has 1 aromatic heterocycles. The predicted octanol–water partition coefficient (Wildman–Crippen LogP) is 6.28. The zero-order valence-corrected chi connectivity index (χ0v) is 22.0. The second kappa shape index (κ2) is 11.3. The number of aryl methyl sites for hydroxylation is 3. The molecule has 1 aliphatic carbocycles. The molecule has 0 spiro atoms. The number of likely N-dealkylation sites (tertiary alicyclic amines) is 1. The number of piperidine rings is 1. The number of anilines is 1. The van der Waals surface area contributed by atoms with Gasteiger partial charge in [-0.2, -0.15) is 0 Å². The first kappa shape index (κ1) is 24.6. The van der Waals surface area contributed by atoms with E-state index in [2.05, 4.69) is 53.5 Å². The number of nitrogens with zero attached hydrogens (tertiary/aromatic N) is 2. The van der Waals surface area contributed by atoms with Crippen LogP contribution in [0.5, 0.6) is 11.5 Å². The van der Waals surface area contributed by atoms with Crippen LogP contribution in [0.4, 0.5) is 5.69 Å². The lowest BCUT2D eigenvalue weighted by Crippen LogP contribution is -2.38. The summed E-state index contributed by atoms with van der Waals surface area (Å²) in [5, 5.41) is 3.80. The minimum Gasteiger partial charge on any atom is -0.493 e. The van der Waals surface area contributed by atoms with Crippen LogP contribution in [0.15, 0.2) is 48.7 Å². The van der Waals surface area contributed by atoms with E-state index in [0.717, 1.165) is 55.2 Å². The summed E-state index contributed by atoms with van der Waals surface area (Å²) in [4.78, 5) is 7.26. The van der Waals surface area contributed by atoms with Crippen LogP contribution in [0.1, 0.15) is 54.9 Å². The van der Waals surface area contributed by atoms with Crippen molar-refractivity contribution < 1.29 is 9.47 Å². The van der Waals surface area contributed by atoms with Crippen LogP contribution < -0.4 is 14.8 Å². The number of benzene rings is 2. The molecular weight excluding hydrogens is 446 g/mol. The minimum absolute atomic E-state index is 0.553. The summed E-state index contributed by atoms with van der Waals surface area (Å²) >= 11 is 0. The number of fused-ring (bicyclic) bond motifs is 1. The molecule has 0 radical (unpaired) electrons. The molecule has 5 rings (SSSR count). The zero-order chi connectivity index (χ0) is 24.9. The molecule has 1 fully saturated rings. The van der Waals surface area contributed by atoms with Crippen molar-refractivity contribution >= 4 is 5.69 Å². The maximum Gasteiger partial charge on any atom is 0.163 e. The van der Waals surface area contributed by atoms with Crippen molar-refractivity contribution in [2.75, 3.05) is 32.6 Å². The van der Waals surface area contributed by atoms with Crippen molar-refractivity contribution in [2.45, 2.75) is 64.5 Å². The monoisotopic (exact) mass is 485 g/mol. The summed E-state index contributed by atoms with van der Waals surface area (Å²) < 4.78 is 11.3. The van der Waals surface area contributed by atoms with Gasteiger partial charge in [-0.3, -0.25) is 9.88 Å². The average molecular weight is 486 g/mol. The van der Waals surface area contributed by atoms with Gasteiger partial charge in [-0.25, -0.2) is 0 Å². The van der Waals surface area contributed by atoms with Crippen LogP contribution >= 0.6 is 0 Å². The second-order valence-corrected chi connectivity index (χ2v) is 10.2.